The van der Waals surface area contributed by atoms with Crippen LogP contribution in [0.3, 0.4) is 0 Å². The summed E-state index contributed by atoms with van der Waals surface area (Å²) in [6, 6.07) is -1.05. The number of carbonyl (C=O) groups excluding carboxylic acids is 3. The molecule has 0 radical (unpaired) electrons. The molecule has 0 spiro atoms. The predicted molar refractivity (Wildman–Crippen MR) is 94.7 cm³/mol. The molecule has 0 bridgehead atoms. The van der Waals surface area contributed by atoms with E-state index in [0.717, 1.165) is 0 Å². The minimum Gasteiger partial charge on any atom is -0.481 e. The molecule has 0 heterocycles. The number of carboxylic acids is 1. The zero-order valence-corrected chi connectivity index (χ0v) is 16.7. The van der Waals surface area contributed by atoms with Crippen LogP contribution >= 0.6 is 0 Å². The molecule has 0 aromatic carbocycles. The smallest absolute Gasteiger partial charge is 0.408 e. The van der Waals surface area contributed by atoms with Crippen LogP contribution in [0.25, 0.3) is 0 Å². The summed E-state index contributed by atoms with van der Waals surface area (Å²) in [5.74, 6) is -2.78. The largest absolute Gasteiger partial charge is 0.481 e. The molecule has 2 N–H and O–H groups in total. The fourth-order valence-electron chi connectivity index (χ4n) is 1.96. The molecule has 0 saturated heterocycles. The summed E-state index contributed by atoms with van der Waals surface area (Å²) in [6.45, 7) is 11.7. The van der Waals surface area contributed by atoms with Crippen LogP contribution in [0.2, 0.25) is 0 Å². The monoisotopic (exact) mass is 373 g/mol. The van der Waals surface area contributed by atoms with Crippen molar-refractivity contribution >= 4 is 23.8 Å². The molecular formula is C18H31NO7. The van der Waals surface area contributed by atoms with Crippen LogP contribution in [0, 0.1) is 5.92 Å². The number of ketones is 1. The van der Waals surface area contributed by atoms with E-state index >= 15 is 0 Å². The molecule has 0 fully saturated rings. The average Bonchev–Trinajstić information content (AvgIpc) is 2.38. The number of carbonyl (C=O) groups is 4. The summed E-state index contributed by atoms with van der Waals surface area (Å²) in [4.78, 5) is 47.2. The Morgan fingerprint density at radius 1 is 0.962 bits per heavy atom. The van der Waals surface area contributed by atoms with E-state index in [0.29, 0.717) is 0 Å². The molecule has 0 aromatic rings. The predicted octanol–water partition coefficient (Wildman–Crippen LogP) is 2.68. The second-order valence-corrected chi connectivity index (χ2v) is 8.24. The van der Waals surface area contributed by atoms with Crippen molar-refractivity contribution in [1.82, 2.24) is 5.32 Å². The minimum atomic E-state index is -1.09. The van der Waals surface area contributed by atoms with E-state index < -0.39 is 47.0 Å². The number of ether oxygens (including phenoxy) is 2. The third kappa shape index (κ3) is 11.4. The van der Waals surface area contributed by atoms with Crippen LogP contribution < -0.4 is 5.32 Å². The lowest BCUT2D eigenvalue weighted by molar-refractivity contribution is -0.160. The number of hydrogen-bond donors (Lipinski definition) is 2. The van der Waals surface area contributed by atoms with Crippen molar-refractivity contribution in [2.45, 2.75) is 85.0 Å². The molecule has 8 nitrogen and oxygen atoms in total. The van der Waals surface area contributed by atoms with Gasteiger partial charge >= 0.3 is 18.0 Å². The van der Waals surface area contributed by atoms with Gasteiger partial charge in [0.2, 0.25) is 0 Å². The van der Waals surface area contributed by atoms with Crippen molar-refractivity contribution in [3.05, 3.63) is 0 Å². The van der Waals surface area contributed by atoms with Gasteiger partial charge in [0.05, 0.1) is 12.0 Å². The molecule has 0 aliphatic heterocycles. The Balaban J connectivity index is 4.95. The fraction of sp³-hybridized carbons (Fsp3) is 0.778. The molecule has 0 aromatic heterocycles. The first kappa shape index (κ1) is 23.9. The third-order valence-electron chi connectivity index (χ3n) is 3.04. The Morgan fingerprint density at radius 2 is 1.46 bits per heavy atom. The number of esters is 1. The molecule has 1 amide bonds. The average molecular weight is 373 g/mol. The second-order valence-electron chi connectivity index (χ2n) is 8.24. The molecule has 0 aliphatic carbocycles. The van der Waals surface area contributed by atoms with E-state index in [-0.39, 0.29) is 19.3 Å². The Bertz CT molecular complexity index is 529. The molecule has 8 heteroatoms. The summed E-state index contributed by atoms with van der Waals surface area (Å²) < 4.78 is 10.3. The van der Waals surface area contributed by atoms with E-state index in [4.69, 9.17) is 14.6 Å². The Morgan fingerprint density at radius 3 is 1.88 bits per heavy atom. The highest BCUT2D eigenvalue weighted by Gasteiger charge is 2.29. The first-order chi connectivity index (χ1) is 11.6. The van der Waals surface area contributed by atoms with Gasteiger partial charge in [-0.25, -0.2) is 4.79 Å². The van der Waals surface area contributed by atoms with Gasteiger partial charge in [0, 0.05) is 12.8 Å². The van der Waals surface area contributed by atoms with Crippen LogP contribution in [0.5, 0.6) is 0 Å². The van der Waals surface area contributed by atoms with Crippen molar-refractivity contribution in [2.75, 3.05) is 0 Å². The van der Waals surface area contributed by atoms with E-state index in [1.54, 1.807) is 48.5 Å². The quantitative estimate of drug-likeness (QED) is 0.628. The second kappa shape index (κ2) is 9.54. The van der Waals surface area contributed by atoms with Gasteiger partial charge in [-0.05, 0) is 48.0 Å². The lowest BCUT2D eigenvalue weighted by Crippen LogP contribution is -2.44. The van der Waals surface area contributed by atoms with E-state index in [1.165, 1.54) is 0 Å². The van der Waals surface area contributed by atoms with Gasteiger partial charge in [-0.15, -0.1) is 0 Å². The maximum atomic E-state index is 12.5. The van der Waals surface area contributed by atoms with Crippen molar-refractivity contribution in [3.8, 4) is 0 Å². The van der Waals surface area contributed by atoms with Gasteiger partial charge < -0.3 is 19.9 Å². The summed E-state index contributed by atoms with van der Waals surface area (Å²) in [5, 5.41) is 11.2. The zero-order chi connectivity index (χ0) is 20.7. The summed E-state index contributed by atoms with van der Waals surface area (Å²) in [7, 11) is 0. The maximum Gasteiger partial charge on any atom is 0.408 e. The summed E-state index contributed by atoms with van der Waals surface area (Å²) in [5.41, 5.74) is -1.43. The van der Waals surface area contributed by atoms with Crippen molar-refractivity contribution in [3.63, 3.8) is 0 Å². The first-order valence-corrected chi connectivity index (χ1v) is 8.57. The van der Waals surface area contributed by atoms with Crippen LogP contribution in [0.4, 0.5) is 4.79 Å². The lowest BCUT2D eigenvalue weighted by atomic mass is 9.97. The number of aliphatic carboxylic acids is 1. The van der Waals surface area contributed by atoms with Gasteiger partial charge in [0.25, 0.3) is 0 Å². The summed E-state index contributed by atoms with van der Waals surface area (Å²) in [6.07, 6.45) is -1.37. The highest BCUT2D eigenvalue weighted by molar-refractivity contribution is 5.90. The van der Waals surface area contributed by atoms with E-state index in [1.807, 2.05) is 0 Å². The molecule has 2 atom stereocenters. The molecule has 150 valence electrons. The van der Waals surface area contributed by atoms with E-state index in [9.17, 15) is 19.2 Å². The van der Waals surface area contributed by atoms with Crippen LogP contribution in [0.1, 0.15) is 67.7 Å². The molecule has 0 saturated carbocycles. The van der Waals surface area contributed by atoms with Crippen LogP contribution in [-0.4, -0.2) is 46.2 Å². The zero-order valence-electron chi connectivity index (χ0n) is 16.7. The van der Waals surface area contributed by atoms with Gasteiger partial charge in [-0.2, -0.15) is 0 Å². The number of carboxylic acid groups (broad SMARTS) is 1. The molecule has 26 heavy (non-hydrogen) atoms. The third-order valence-corrected chi connectivity index (χ3v) is 3.04. The number of nitrogens with one attached hydrogen (secondary N) is 1. The number of Topliss-reactive ketones (excluding diaryl/α,β-unsaturated/α-hetero) is 1. The molecule has 0 unspecified atom stereocenters. The number of hydrogen-bond acceptors (Lipinski definition) is 6. The van der Waals surface area contributed by atoms with E-state index in [2.05, 4.69) is 5.32 Å². The van der Waals surface area contributed by atoms with Crippen LogP contribution in [-0.2, 0) is 23.9 Å². The standard InChI is InChI=1S/C18H31NO7/c1-11(15(23)25-17(2,3)4)10-13(20)12(8-9-14(21)22)19-16(24)26-18(5,6)7/h11-12H,8-10H2,1-7H3,(H,19,24)(H,21,22)/t11-,12-/m1/s1. The Labute approximate surface area is 154 Å². The highest BCUT2D eigenvalue weighted by atomic mass is 16.6. The van der Waals surface area contributed by atoms with Crippen LogP contribution in [0.15, 0.2) is 0 Å². The lowest BCUT2D eigenvalue weighted by Gasteiger charge is -2.24. The highest BCUT2D eigenvalue weighted by Crippen LogP contribution is 2.16. The molecular weight excluding hydrogens is 342 g/mol. The van der Waals surface area contributed by atoms with Crippen molar-refractivity contribution in [1.29, 1.82) is 0 Å². The first-order valence-electron chi connectivity index (χ1n) is 8.57. The summed E-state index contributed by atoms with van der Waals surface area (Å²) >= 11 is 0. The normalized spacial score (nSPS) is 14.1. The van der Waals surface area contributed by atoms with Gasteiger partial charge in [-0.1, -0.05) is 6.92 Å². The minimum absolute atomic E-state index is 0.0888. The number of amides is 1. The Kier molecular flexibility index (Phi) is 8.76. The van der Waals surface area contributed by atoms with Gasteiger partial charge in [-0.3, -0.25) is 14.4 Å². The maximum absolute atomic E-state index is 12.5. The fourth-order valence-corrected chi connectivity index (χ4v) is 1.96. The SMILES string of the molecule is C[C@H](CC(=O)[C@@H](CCC(=O)O)NC(=O)OC(C)(C)C)C(=O)OC(C)(C)C. The molecule has 0 rings (SSSR count). The Hall–Kier alpha value is -2.12. The number of alkyl carbamates (subject to hydrolysis) is 1. The molecule has 0 aliphatic rings. The topological polar surface area (TPSA) is 119 Å². The number of rotatable bonds is 8. The van der Waals surface area contributed by atoms with Crippen molar-refractivity contribution < 1.29 is 33.8 Å². The van der Waals surface area contributed by atoms with Gasteiger partial charge in [0.1, 0.15) is 11.2 Å². The van der Waals surface area contributed by atoms with Crippen molar-refractivity contribution in [2.24, 2.45) is 5.92 Å². The van der Waals surface area contributed by atoms with Gasteiger partial charge in [0.15, 0.2) is 5.78 Å².